The van der Waals surface area contributed by atoms with Crippen molar-refractivity contribution in [3.8, 4) is 6.07 Å². The van der Waals surface area contributed by atoms with E-state index in [1.54, 1.807) is 6.07 Å². The molecule has 0 spiro atoms. The van der Waals surface area contributed by atoms with Gasteiger partial charge in [-0.05, 0) is 0 Å². The number of carboxylic acids is 1. The van der Waals surface area contributed by atoms with Crippen LogP contribution in [0.15, 0.2) is 12.7 Å². The summed E-state index contributed by atoms with van der Waals surface area (Å²) in [7, 11) is 0. The molecule has 0 aromatic rings. The molecule has 0 aliphatic carbocycles. The molecule has 0 saturated heterocycles. The van der Waals surface area contributed by atoms with Crippen LogP contribution >= 0.6 is 12.6 Å². The van der Waals surface area contributed by atoms with E-state index in [0.29, 0.717) is 0 Å². The zero-order chi connectivity index (χ0) is 9.28. The van der Waals surface area contributed by atoms with Crippen molar-refractivity contribution in [1.82, 2.24) is 0 Å². The van der Waals surface area contributed by atoms with E-state index in [-0.39, 0.29) is 5.75 Å². The predicted molar refractivity (Wildman–Crippen MR) is 45.3 cm³/mol. The predicted octanol–water partition coefficient (Wildman–Crippen LogP) is 0.0241. The van der Waals surface area contributed by atoms with Crippen molar-refractivity contribution in [2.45, 2.75) is 6.04 Å². The lowest BCUT2D eigenvalue weighted by Crippen LogP contribution is -2.31. The molecule has 5 heteroatoms. The highest BCUT2D eigenvalue weighted by atomic mass is 32.1. The van der Waals surface area contributed by atoms with Crippen molar-refractivity contribution >= 4 is 18.6 Å². The van der Waals surface area contributed by atoms with Gasteiger partial charge in [-0.15, -0.1) is 0 Å². The van der Waals surface area contributed by atoms with Crippen LogP contribution in [-0.4, -0.2) is 22.9 Å². The minimum absolute atomic E-state index is 0.190. The number of allylic oxidation sites excluding steroid dienone is 1. The van der Waals surface area contributed by atoms with Gasteiger partial charge in [-0.2, -0.15) is 17.9 Å². The van der Waals surface area contributed by atoms with Crippen LogP contribution in [0, 0.1) is 11.3 Å². The van der Waals surface area contributed by atoms with Crippen LogP contribution in [0.3, 0.4) is 0 Å². The lowest BCUT2D eigenvalue weighted by atomic mass is 10.4. The van der Waals surface area contributed by atoms with Crippen LogP contribution in [0.1, 0.15) is 0 Å². The third kappa shape index (κ3) is 12.3. The minimum atomic E-state index is -1.00. The molecule has 11 heavy (non-hydrogen) atoms. The normalized spacial score (nSPS) is 9.91. The van der Waals surface area contributed by atoms with Crippen LogP contribution in [0.25, 0.3) is 0 Å². The summed E-state index contributed by atoms with van der Waals surface area (Å²) in [4.78, 5) is 9.76. The second-order valence-corrected chi connectivity index (χ2v) is 1.83. The first-order chi connectivity index (χ1) is 5.09. The Kier molecular flexibility index (Phi) is 10.4. The van der Waals surface area contributed by atoms with E-state index in [2.05, 4.69) is 19.2 Å². The summed E-state index contributed by atoms with van der Waals surface area (Å²) >= 11 is 3.65. The van der Waals surface area contributed by atoms with Crippen LogP contribution in [0.5, 0.6) is 0 Å². The number of carbonyl (C=O) groups is 1. The Morgan fingerprint density at radius 3 is 2.36 bits per heavy atom. The van der Waals surface area contributed by atoms with Gasteiger partial charge in [-0.1, -0.05) is 6.58 Å². The number of aliphatic carboxylic acids is 1. The topological polar surface area (TPSA) is 87.1 Å². The zero-order valence-corrected chi connectivity index (χ0v) is 6.79. The molecule has 4 nitrogen and oxygen atoms in total. The Morgan fingerprint density at radius 1 is 2.00 bits per heavy atom. The van der Waals surface area contributed by atoms with Crippen molar-refractivity contribution in [3.05, 3.63) is 12.7 Å². The van der Waals surface area contributed by atoms with Gasteiger partial charge in [0.05, 0.1) is 6.07 Å². The van der Waals surface area contributed by atoms with E-state index in [4.69, 9.17) is 16.1 Å². The number of hydrogen-bond donors (Lipinski definition) is 3. The smallest absolute Gasteiger partial charge is 0.321 e. The first-order valence-electron chi connectivity index (χ1n) is 2.69. The number of nitrogens with two attached hydrogens (primary N) is 1. The minimum Gasteiger partial charge on any atom is -0.480 e. The third-order valence-electron chi connectivity index (χ3n) is 0.605. The second-order valence-electron chi connectivity index (χ2n) is 1.46. The molecule has 3 N–H and O–H groups in total. The van der Waals surface area contributed by atoms with E-state index >= 15 is 0 Å². The Hall–Kier alpha value is -0.990. The molecule has 1 atom stereocenters. The fraction of sp³-hybridized carbons (Fsp3) is 0.333. The SMILES string of the molecule is C=CC#N.N[C@@H](CS)C(=O)O. The maximum Gasteiger partial charge on any atom is 0.321 e. The van der Waals surface area contributed by atoms with Gasteiger partial charge in [0.1, 0.15) is 6.04 Å². The highest BCUT2D eigenvalue weighted by Crippen LogP contribution is 1.80. The monoisotopic (exact) mass is 174 g/mol. The molecule has 0 aromatic heterocycles. The summed E-state index contributed by atoms with van der Waals surface area (Å²) in [6.07, 6.45) is 1.18. The van der Waals surface area contributed by atoms with Gasteiger partial charge in [0.15, 0.2) is 0 Å². The van der Waals surface area contributed by atoms with Crippen LogP contribution in [-0.2, 0) is 4.79 Å². The van der Waals surface area contributed by atoms with Gasteiger partial charge < -0.3 is 10.8 Å². The van der Waals surface area contributed by atoms with E-state index in [0.717, 1.165) is 0 Å². The summed E-state index contributed by atoms with van der Waals surface area (Å²) < 4.78 is 0. The van der Waals surface area contributed by atoms with Gasteiger partial charge in [0.25, 0.3) is 0 Å². The molecule has 0 rings (SSSR count). The van der Waals surface area contributed by atoms with E-state index in [1.807, 2.05) is 0 Å². The molecule has 0 amide bonds. The van der Waals surface area contributed by atoms with Gasteiger partial charge in [-0.25, -0.2) is 0 Å². The summed E-state index contributed by atoms with van der Waals surface area (Å²) in [6.45, 7) is 3.12. The van der Waals surface area contributed by atoms with Crippen LogP contribution < -0.4 is 5.73 Å². The lowest BCUT2D eigenvalue weighted by Gasteiger charge is -1.96. The largest absolute Gasteiger partial charge is 0.480 e. The molecular weight excluding hydrogens is 164 g/mol. The summed E-state index contributed by atoms with van der Waals surface area (Å²) in [5, 5.41) is 15.5. The molecule has 0 radical (unpaired) electrons. The fourth-order valence-corrected chi connectivity index (χ4v) is 0.234. The third-order valence-corrected chi connectivity index (χ3v) is 0.999. The summed E-state index contributed by atoms with van der Waals surface area (Å²) in [6, 6.07) is 0.878. The van der Waals surface area contributed by atoms with Gasteiger partial charge >= 0.3 is 5.97 Å². The van der Waals surface area contributed by atoms with E-state index < -0.39 is 12.0 Å². The van der Waals surface area contributed by atoms with Crippen molar-refractivity contribution in [2.75, 3.05) is 5.75 Å². The number of nitriles is 1. The maximum atomic E-state index is 9.76. The molecule has 0 bridgehead atoms. The highest BCUT2D eigenvalue weighted by molar-refractivity contribution is 7.80. The Balaban J connectivity index is 0. The molecule has 0 aliphatic heterocycles. The number of nitrogens with zero attached hydrogens (tertiary/aromatic N) is 1. The molecule has 62 valence electrons. The number of thiol groups is 1. The first-order valence-corrected chi connectivity index (χ1v) is 3.33. The highest BCUT2D eigenvalue weighted by Gasteiger charge is 2.06. The van der Waals surface area contributed by atoms with Crippen molar-refractivity contribution in [1.29, 1.82) is 5.26 Å². The van der Waals surface area contributed by atoms with Gasteiger partial charge in [0, 0.05) is 11.8 Å². The maximum absolute atomic E-state index is 9.76. The average molecular weight is 174 g/mol. The van der Waals surface area contributed by atoms with Crippen LogP contribution in [0.2, 0.25) is 0 Å². The molecule has 0 fully saturated rings. The standard InChI is InChI=1S/C3H7NO2S.C3H3N/c4-2(1-7)3(5)6;1-2-3-4/h2,7H,1,4H2,(H,5,6);2H,1H2/t2-;/m0./s1. The zero-order valence-electron chi connectivity index (χ0n) is 5.90. The Labute approximate surface area is 70.7 Å². The summed E-state index contributed by atoms with van der Waals surface area (Å²) in [5.74, 6) is -0.815. The first kappa shape index (κ1) is 12.7. The fourth-order valence-electron chi connectivity index (χ4n) is 0.0781. The van der Waals surface area contributed by atoms with Gasteiger partial charge in [-0.3, -0.25) is 4.79 Å². The van der Waals surface area contributed by atoms with E-state index in [9.17, 15) is 4.79 Å². The molecule has 0 unspecified atom stereocenters. The lowest BCUT2D eigenvalue weighted by molar-refractivity contribution is -0.137. The molecule has 0 aliphatic rings. The second kappa shape index (κ2) is 9.01. The number of rotatable bonds is 2. The Bertz CT molecular complexity index is 164. The average Bonchev–Trinajstić information content (AvgIpc) is 2.03. The number of hydrogen-bond acceptors (Lipinski definition) is 4. The number of carboxylic acid groups (broad SMARTS) is 1. The van der Waals surface area contributed by atoms with Crippen molar-refractivity contribution in [3.63, 3.8) is 0 Å². The molecular formula is C6H10N2O2S. The molecule has 0 aromatic carbocycles. The summed E-state index contributed by atoms with van der Waals surface area (Å²) in [5.41, 5.74) is 4.94. The van der Waals surface area contributed by atoms with Crippen LogP contribution in [0.4, 0.5) is 0 Å². The van der Waals surface area contributed by atoms with Crippen molar-refractivity contribution in [2.24, 2.45) is 5.73 Å². The quantitative estimate of drug-likeness (QED) is 0.407. The molecule has 0 heterocycles. The van der Waals surface area contributed by atoms with Gasteiger partial charge in [0.2, 0.25) is 0 Å². The molecule has 0 saturated carbocycles. The van der Waals surface area contributed by atoms with E-state index in [1.165, 1.54) is 6.08 Å². The Morgan fingerprint density at radius 2 is 2.36 bits per heavy atom. The van der Waals surface area contributed by atoms with Crippen molar-refractivity contribution < 1.29 is 9.90 Å².